The van der Waals surface area contributed by atoms with Gasteiger partial charge < -0.3 is 25.0 Å². The maximum atomic E-state index is 13.4. The molecule has 0 aromatic heterocycles. The number of hydrogen-bond acceptors (Lipinski definition) is 6. The van der Waals surface area contributed by atoms with E-state index >= 15 is 0 Å². The average Bonchev–Trinajstić information content (AvgIpc) is 3.66. The van der Waals surface area contributed by atoms with E-state index in [1.54, 1.807) is 29.2 Å². The lowest BCUT2D eigenvalue weighted by Gasteiger charge is -2.27. The minimum absolute atomic E-state index is 0.0668. The van der Waals surface area contributed by atoms with Crippen LogP contribution in [0.15, 0.2) is 84.9 Å². The molecular formula is C31H33N3O5. The van der Waals surface area contributed by atoms with E-state index in [9.17, 15) is 14.4 Å². The maximum absolute atomic E-state index is 13.4. The summed E-state index contributed by atoms with van der Waals surface area (Å²) in [5.74, 6) is -0.918. The normalized spacial score (nSPS) is 20.5. The van der Waals surface area contributed by atoms with Crippen molar-refractivity contribution in [1.82, 2.24) is 10.2 Å². The molecule has 0 aliphatic carbocycles. The Morgan fingerprint density at radius 1 is 0.872 bits per heavy atom. The van der Waals surface area contributed by atoms with Gasteiger partial charge in [-0.15, -0.1) is 0 Å². The van der Waals surface area contributed by atoms with Crippen LogP contribution < -0.4 is 10.6 Å². The van der Waals surface area contributed by atoms with Gasteiger partial charge in [-0.3, -0.25) is 9.59 Å². The Bertz CT molecular complexity index is 1280. The van der Waals surface area contributed by atoms with Crippen molar-refractivity contribution in [1.29, 1.82) is 0 Å². The van der Waals surface area contributed by atoms with Gasteiger partial charge in [0, 0.05) is 13.1 Å². The van der Waals surface area contributed by atoms with E-state index in [1.165, 1.54) is 0 Å². The number of nitrogens with zero attached hydrogens (tertiary/aromatic N) is 1. The third-order valence-corrected chi connectivity index (χ3v) is 7.17. The summed E-state index contributed by atoms with van der Waals surface area (Å²) in [7, 11) is 0. The van der Waals surface area contributed by atoms with Crippen LogP contribution in [0.3, 0.4) is 0 Å². The SMILES string of the molecule is O=C(OCc1ccccc1)c1ccccc1NC(=O)[C@@H]1CCCN1C(=O)[C@H]1C[C@@H](OCc2ccccc2)CN1. The largest absolute Gasteiger partial charge is 0.457 e. The first kappa shape index (κ1) is 26.6. The molecule has 2 amide bonds. The topological polar surface area (TPSA) is 97.0 Å². The zero-order valence-corrected chi connectivity index (χ0v) is 21.8. The highest BCUT2D eigenvalue weighted by Gasteiger charge is 2.40. The summed E-state index contributed by atoms with van der Waals surface area (Å²) < 4.78 is 11.5. The van der Waals surface area contributed by atoms with Crippen molar-refractivity contribution in [3.63, 3.8) is 0 Å². The van der Waals surface area contributed by atoms with Crippen molar-refractivity contribution >= 4 is 23.5 Å². The van der Waals surface area contributed by atoms with Crippen molar-refractivity contribution in [3.05, 3.63) is 102 Å². The summed E-state index contributed by atoms with van der Waals surface area (Å²) in [6.45, 7) is 1.74. The summed E-state index contributed by atoms with van der Waals surface area (Å²) in [6.07, 6.45) is 1.80. The quantitative estimate of drug-likeness (QED) is 0.410. The number of carbonyl (C=O) groups is 3. The van der Waals surface area contributed by atoms with Gasteiger partial charge >= 0.3 is 5.97 Å². The molecule has 5 rings (SSSR count). The Kier molecular flexibility index (Phi) is 8.65. The highest BCUT2D eigenvalue weighted by Crippen LogP contribution is 2.24. The van der Waals surface area contributed by atoms with Crippen LogP contribution in [-0.2, 0) is 32.3 Å². The van der Waals surface area contributed by atoms with E-state index < -0.39 is 12.0 Å². The number of ether oxygens (including phenoxy) is 2. The van der Waals surface area contributed by atoms with Crippen LogP contribution in [0, 0.1) is 0 Å². The molecule has 202 valence electrons. The predicted molar refractivity (Wildman–Crippen MR) is 147 cm³/mol. The van der Waals surface area contributed by atoms with E-state index in [0.717, 1.165) is 17.5 Å². The van der Waals surface area contributed by atoms with Gasteiger partial charge in [0.1, 0.15) is 12.6 Å². The van der Waals surface area contributed by atoms with Crippen LogP contribution in [0.4, 0.5) is 5.69 Å². The van der Waals surface area contributed by atoms with Gasteiger partial charge in [-0.25, -0.2) is 4.79 Å². The van der Waals surface area contributed by atoms with E-state index in [1.807, 2.05) is 60.7 Å². The number of rotatable bonds is 9. The van der Waals surface area contributed by atoms with Crippen molar-refractivity contribution in [2.75, 3.05) is 18.4 Å². The lowest BCUT2D eigenvalue weighted by Crippen LogP contribution is -2.49. The summed E-state index contributed by atoms with van der Waals surface area (Å²) in [6, 6.07) is 25.1. The summed E-state index contributed by atoms with van der Waals surface area (Å²) in [4.78, 5) is 41.2. The molecule has 3 aromatic carbocycles. The lowest BCUT2D eigenvalue weighted by molar-refractivity contribution is -0.138. The molecule has 2 aliphatic heterocycles. The predicted octanol–water partition coefficient (Wildman–Crippen LogP) is 3.92. The molecule has 2 saturated heterocycles. The molecule has 3 aromatic rings. The number of carbonyl (C=O) groups excluding carboxylic acids is 3. The van der Waals surface area contributed by atoms with Crippen molar-refractivity contribution in [3.8, 4) is 0 Å². The van der Waals surface area contributed by atoms with Gasteiger partial charge in [-0.2, -0.15) is 0 Å². The molecule has 0 radical (unpaired) electrons. The Hall–Kier alpha value is -4.01. The smallest absolute Gasteiger partial charge is 0.340 e. The Morgan fingerprint density at radius 2 is 1.54 bits per heavy atom. The molecule has 2 heterocycles. The number of esters is 1. The first-order chi connectivity index (χ1) is 19.1. The van der Waals surface area contributed by atoms with E-state index in [0.29, 0.717) is 38.2 Å². The number of likely N-dealkylation sites (tertiary alicyclic amines) is 1. The van der Waals surface area contributed by atoms with Crippen LogP contribution >= 0.6 is 0 Å². The third-order valence-electron chi connectivity index (χ3n) is 7.17. The second-order valence-electron chi connectivity index (χ2n) is 9.90. The number of benzene rings is 3. The Morgan fingerprint density at radius 3 is 2.28 bits per heavy atom. The fraction of sp³-hybridized carbons (Fsp3) is 0.323. The van der Waals surface area contributed by atoms with Gasteiger partial charge in [-0.1, -0.05) is 72.8 Å². The van der Waals surface area contributed by atoms with Crippen LogP contribution in [-0.4, -0.2) is 54.0 Å². The van der Waals surface area contributed by atoms with E-state index in [4.69, 9.17) is 9.47 Å². The van der Waals surface area contributed by atoms with Crippen molar-refractivity contribution in [2.24, 2.45) is 0 Å². The molecule has 2 fully saturated rings. The molecule has 0 saturated carbocycles. The molecule has 0 spiro atoms. The monoisotopic (exact) mass is 527 g/mol. The van der Waals surface area contributed by atoms with Crippen LogP contribution in [0.25, 0.3) is 0 Å². The molecule has 3 atom stereocenters. The highest BCUT2D eigenvalue weighted by atomic mass is 16.5. The number of hydrogen-bond donors (Lipinski definition) is 2. The third kappa shape index (κ3) is 6.71. The van der Waals surface area contributed by atoms with Crippen LogP contribution in [0.5, 0.6) is 0 Å². The first-order valence-corrected chi connectivity index (χ1v) is 13.4. The average molecular weight is 528 g/mol. The maximum Gasteiger partial charge on any atom is 0.340 e. The van der Waals surface area contributed by atoms with Crippen LogP contribution in [0.2, 0.25) is 0 Å². The van der Waals surface area contributed by atoms with E-state index in [2.05, 4.69) is 10.6 Å². The van der Waals surface area contributed by atoms with Gasteiger partial charge in [0.05, 0.1) is 30.0 Å². The van der Waals surface area contributed by atoms with Gasteiger partial charge in [0.25, 0.3) is 0 Å². The summed E-state index contributed by atoms with van der Waals surface area (Å²) in [5, 5.41) is 6.15. The number of para-hydroxylation sites is 1. The molecule has 39 heavy (non-hydrogen) atoms. The van der Waals surface area contributed by atoms with Gasteiger partial charge in [0.2, 0.25) is 11.8 Å². The van der Waals surface area contributed by atoms with E-state index in [-0.39, 0.29) is 36.1 Å². The lowest BCUT2D eigenvalue weighted by atomic mass is 10.1. The fourth-order valence-electron chi connectivity index (χ4n) is 5.10. The first-order valence-electron chi connectivity index (χ1n) is 13.4. The second-order valence-corrected chi connectivity index (χ2v) is 9.90. The standard InChI is InChI=1S/C31H33N3O5/c35-29(33-26-15-8-7-14-25(26)31(37)39-21-23-12-5-2-6-13-23)28-16-9-17-34(28)30(36)27-18-24(19-32-27)38-20-22-10-3-1-4-11-22/h1-8,10-15,24,27-28,32H,9,16-21H2,(H,33,35)/t24-,27-,28+/m1/s1. The highest BCUT2D eigenvalue weighted by molar-refractivity contribution is 6.04. The number of nitrogens with one attached hydrogen (secondary N) is 2. The van der Waals surface area contributed by atoms with Gasteiger partial charge in [-0.05, 0) is 42.5 Å². The van der Waals surface area contributed by atoms with Crippen LogP contribution in [0.1, 0.15) is 40.7 Å². The zero-order chi connectivity index (χ0) is 27.0. The summed E-state index contributed by atoms with van der Waals surface area (Å²) >= 11 is 0. The van der Waals surface area contributed by atoms with Crippen molar-refractivity contribution < 1.29 is 23.9 Å². The molecule has 8 heteroatoms. The Labute approximate surface area is 228 Å². The minimum Gasteiger partial charge on any atom is -0.457 e. The zero-order valence-electron chi connectivity index (χ0n) is 21.8. The number of amides is 2. The molecule has 2 aliphatic rings. The van der Waals surface area contributed by atoms with Gasteiger partial charge in [0.15, 0.2) is 0 Å². The molecular weight excluding hydrogens is 494 g/mol. The molecule has 0 bridgehead atoms. The number of anilines is 1. The molecule has 8 nitrogen and oxygen atoms in total. The minimum atomic E-state index is -0.600. The second kappa shape index (κ2) is 12.7. The van der Waals surface area contributed by atoms with Crippen molar-refractivity contribution in [2.45, 2.75) is 50.7 Å². The molecule has 2 N–H and O–H groups in total. The molecule has 0 unspecified atom stereocenters. The summed E-state index contributed by atoms with van der Waals surface area (Å²) in [5.41, 5.74) is 2.61. The fourth-order valence-corrected chi connectivity index (χ4v) is 5.10. The Balaban J connectivity index is 1.17.